The molecule has 6 nitrogen and oxygen atoms in total. The topological polar surface area (TPSA) is 73.2 Å². The van der Waals surface area contributed by atoms with Crippen molar-refractivity contribution in [2.75, 3.05) is 11.9 Å². The molecule has 0 aliphatic carbocycles. The van der Waals surface area contributed by atoms with Crippen molar-refractivity contribution >= 4 is 29.2 Å². The van der Waals surface area contributed by atoms with Gasteiger partial charge in [0.15, 0.2) is 6.61 Å². The normalized spacial score (nSPS) is 10.6. The fourth-order valence-electron chi connectivity index (χ4n) is 2.47. The first kappa shape index (κ1) is 19.5. The average Bonchev–Trinajstić information content (AvgIpc) is 2.98. The largest absolute Gasteiger partial charge is 0.452 e. The maximum Gasteiger partial charge on any atom is 0.343 e. The molecule has 1 aromatic heterocycles. The van der Waals surface area contributed by atoms with E-state index in [4.69, 9.17) is 16.3 Å². The molecule has 28 heavy (non-hydrogen) atoms. The molecule has 0 saturated heterocycles. The number of nitrogens with one attached hydrogen (secondary N) is 1. The molecule has 1 amide bonds. The molecule has 2 aromatic carbocycles. The number of carbonyl (C=O) groups is 2. The van der Waals surface area contributed by atoms with Crippen molar-refractivity contribution in [1.29, 1.82) is 0 Å². The zero-order valence-corrected chi connectivity index (χ0v) is 15.3. The summed E-state index contributed by atoms with van der Waals surface area (Å²) in [6.45, 7) is 0.815. The molecular weight excluding hydrogens is 392 g/mol. The van der Waals surface area contributed by atoms with Crippen LogP contribution in [0.1, 0.15) is 16.1 Å². The Hall–Kier alpha value is -3.26. The Bertz CT molecular complexity index is 1020. The quantitative estimate of drug-likeness (QED) is 0.653. The van der Waals surface area contributed by atoms with Crippen LogP contribution in [-0.2, 0) is 9.53 Å². The average molecular weight is 406 g/mol. The van der Waals surface area contributed by atoms with E-state index in [0.29, 0.717) is 11.4 Å². The first-order valence-electron chi connectivity index (χ1n) is 8.10. The summed E-state index contributed by atoms with van der Waals surface area (Å²) >= 11 is 6.25. The van der Waals surface area contributed by atoms with Gasteiger partial charge in [-0.05, 0) is 31.2 Å². The van der Waals surface area contributed by atoms with Gasteiger partial charge in [-0.25, -0.2) is 18.3 Å². The summed E-state index contributed by atoms with van der Waals surface area (Å²) < 4.78 is 33.4. The number of aryl methyl sites for hydroxylation is 1. The number of ether oxygens (including phenoxy) is 1. The minimum Gasteiger partial charge on any atom is -0.452 e. The van der Waals surface area contributed by atoms with Crippen LogP contribution in [0.15, 0.2) is 48.5 Å². The van der Waals surface area contributed by atoms with Gasteiger partial charge in [-0.15, -0.1) is 0 Å². The van der Waals surface area contributed by atoms with Gasteiger partial charge in [-0.3, -0.25) is 4.79 Å². The Kier molecular flexibility index (Phi) is 5.70. The smallest absolute Gasteiger partial charge is 0.343 e. The highest BCUT2D eigenvalue weighted by Gasteiger charge is 2.23. The molecule has 0 saturated carbocycles. The lowest BCUT2D eigenvalue weighted by Crippen LogP contribution is -2.22. The number of rotatable bonds is 5. The summed E-state index contributed by atoms with van der Waals surface area (Å²) in [5.74, 6) is -3.67. The Morgan fingerprint density at radius 1 is 1.11 bits per heavy atom. The van der Waals surface area contributed by atoms with Crippen LogP contribution < -0.4 is 5.32 Å². The van der Waals surface area contributed by atoms with Crippen molar-refractivity contribution in [3.8, 4) is 5.69 Å². The van der Waals surface area contributed by atoms with Crippen LogP contribution >= 0.6 is 11.6 Å². The number of nitrogens with zero attached hydrogens (tertiary/aromatic N) is 2. The van der Waals surface area contributed by atoms with Gasteiger partial charge in [0, 0.05) is 0 Å². The zero-order chi connectivity index (χ0) is 20.3. The lowest BCUT2D eigenvalue weighted by Gasteiger charge is -2.08. The number of carbonyl (C=O) groups excluding carboxylic acids is 2. The first-order valence-corrected chi connectivity index (χ1v) is 8.48. The van der Waals surface area contributed by atoms with Crippen molar-refractivity contribution < 1.29 is 23.1 Å². The molecule has 0 aliphatic heterocycles. The number of para-hydroxylation sites is 2. The first-order chi connectivity index (χ1) is 13.4. The van der Waals surface area contributed by atoms with Crippen molar-refractivity contribution in [3.63, 3.8) is 0 Å². The highest BCUT2D eigenvalue weighted by Crippen LogP contribution is 2.24. The van der Waals surface area contributed by atoms with E-state index in [-0.39, 0.29) is 10.7 Å². The number of esters is 1. The number of hydrogen-bond acceptors (Lipinski definition) is 4. The molecule has 0 bridgehead atoms. The molecule has 3 rings (SSSR count). The van der Waals surface area contributed by atoms with E-state index < -0.39 is 35.8 Å². The molecule has 0 atom stereocenters. The number of benzene rings is 2. The molecule has 0 unspecified atom stereocenters. The zero-order valence-electron chi connectivity index (χ0n) is 14.6. The van der Waals surface area contributed by atoms with E-state index >= 15 is 0 Å². The molecule has 0 aliphatic rings. The van der Waals surface area contributed by atoms with Crippen LogP contribution in [0, 0.1) is 18.6 Å². The summed E-state index contributed by atoms with van der Waals surface area (Å²) in [6.07, 6.45) is 0. The number of amides is 1. The Labute approximate surface area is 163 Å². The van der Waals surface area contributed by atoms with Crippen LogP contribution in [0.5, 0.6) is 0 Å². The fourth-order valence-corrected chi connectivity index (χ4v) is 2.82. The second-order valence-corrected chi connectivity index (χ2v) is 6.08. The number of hydrogen-bond donors (Lipinski definition) is 1. The van der Waals surface area contributed by atoms with Gasteiger partial charge in [-0.1, -0.05) is 35.9 Å². The molecule has 1 heterocycles. The second kappa shape index (κ2) is 8.18. The number of aromatic nitrogens is 2. The van der Waals surface area contributed by atoms with Crippen LogP contribution in [0.25, 0.3) is 5.69 Å². The predicted molar refractivity (Wildman–Crippen MR) is 98.6 cm³/mol. The minimum atomic E-state index is -0.942. The maximum absolute atomic E-state index is 13.6. The number of anilines is 1. The van der Waals surface area contributed by atoms with Crippen LogP contribution in [-0.4, -0.2) is 28.3 Å². The molecule has 144 valence electrons. The second-order valence-electron chi connectivity index (χ2n) is 5.72. The van der Waals surface area contributed by atoms with Gasteiger partial charge in [0.25, 0.3) is 5.91 Å². The highest BCUT2D eigenvalue weighted by atomic mass is 35.5. The Morgan fingerprint density at radius 3 is 2.39 bits per heavy atom. The van der Waals surface area contributed by atoms with Crippen LogP contribution in [0.4, 0.5) is 14.5 Å². The summed E-state index contributed by atoms with van der Waals surface area (Å²) in [5.41, 5.74) is 0.326. The minimum absolute atomic E-state index is 0.00427. The van der Waals surface area contributed by atoms with Gasteiger partial charge >= 0.3 is 5.97 Å². The Balaban J connectivity index is 1.70. The van der Waals surface area contributed by atoms with E-state index in [1.165, 1.54) is 4.68 Å². The van der Waals surface area contributed by atoms with E-state index in [1.807, 2.05) is 11.4 Å². The summed E-state index contributed by atoms with van der Waals surface area (Å²) in [4.78, 5) is 24.2. The lowest BCUT2D eigenvalue weighted by atomic mass is 10.2. The molecule has 9 heteroatoms. The van der Waals surface area contributed by atoms with Crippen molar-refractivity contribution in [2.45, 2.75) is 6.92 Å². The van der Waals surface area contributed by atoms with Crippen LogP contribution in [0.2, 0.25) is 5.15 Å². The Morgan fingerprint density at radius 2 is 1.75 bits per heavy atom. The van der Waals surface area contributed by atoms with Gasteiger partial charge < -0.3 is 10.1 Å². The van der Waals surface area contributed by atoms with Gasteiger partial charge in [-0.2, -0.15) is 5.10 Å². The molecule has 0 fully saturated rings. The molecule has 0 spiro atoms. The van der Waals surface area contributed by atoms with E-state index in [0.717, 1.165) is 18.2 Å². The van der Waals surface area contributed by atoms with Crippen LogP contribution in [0.3, 0.4) is 0 Å². The third-order valence-corrected chi connectivity index (χ3v) is 4.12. The van der Waals surface area contributed by atoms with E-state index in [9.17, 15) is 18.4 Å². The van der Waals surface area contributed by atoms with Crippen molar-refractivity contribution in [3.05, 3.63) is 76.6 Å². The molecular formula is C19H14ClF2N3O3. The van der Waals surface area contributed by atoms with Gasteiger partial charge in [0.05, 0.1) is 11.4 Å². The maximum atomic E-state index is 13.6. The van der Waals surface area contributed by atoms with Crippen molar-refractivity contribution in [1.82, 2.24) is 9.78 Å². The summed E-state index contributed by atoms with van der Waals surface area (Å²) in [5, 5.41) is 6.25. The van der Waals surface area contributed by atoms with E-state index in [1.54, 1.807) is 31.2 Å². The highest BCUT2D eigenvalue weighted by molar-refractivity contribution is 6.33. The molecule has 0 radical (unpaired) electrons. The lowest BCUT2D eigenvalue weighted by molar-refractivity contribution is -0.119. The summed E-state index contributed by atoms with van der Waals surface area (Å²) in [7, 11) is 0. The van der Waals surface area contributed by atoms with Gasteiger partial charge in [0.1, 0.15) is 28.0 Å². The van der Waals surface area contributed by atoms with Gasteiger partial charge in [0.2, 0.25) is 0 Å². The molecule has 1 N–H and O–H groups in total. The molecule has 3 aromatic rings. The number of halogens is 3. The third kappa shape index (κ3) is 4.01. The summed E-state index contributed by atoms with van der Waals surface area (Å²) in [6, 6.07) is 12.0. The van der Waals surface area contributed by atoms with Crippen molar-refractivity contribution in [2.24, 2.45) is 0 Å². The monoisotopic (exact) mass is 405 g/mol. The SMILES string of the molecule is Cc1nn(-c2ccccc2)c(Cl)c1C(=O)OCC(=O)Nc1c(F)cccc1F. The standard InChI is InChI=1S/C19H14ClF2N3O3/c1-11-16(18(20)25(24-11)12-6-3-2-4-7-12)19(27)28-10-15(26)23-17-13(21)8-5-9-14(17)22/h2-9H,10H2,1H3,(H,23,26). The predicted octanol–water partition coefficient (Wildman–Crippen LogP) is 3.91. The fraction of sp³-hybridized carbons (Fsp3) is 0.105. The van der Waals surface area contributed by atoms with E-state index in [2.05, 4.69) is 5.10 Å². The third-order valence-electron chi connectivity index (χ3n) is 3.77.